The molecule has 1 unspecified atom stereocenters. The highest BCUT2D eigenvalue weighted by Crippen LogP contribution is 2.29. The number of carbonyl (C=O) groups excluding carboxylic acids is 1. The van der Waals surface area contributed by atoms with E-state index in [1.165, 1.54) is 19.3 Å². The Balaban J connectivity index is 1.62. The summed E-state index contributed by atoms with van der Waals surface area (Å²) >= 11 is 0. The molecule has 0 spiro atoms. The molecular weight excluding hydrogens is 262 g/mol. The lowest BCUT2D eigenvalue weighted by atomic mass is 9.80. The van der Waals surface area contributed by atoms with E-state index in [4.69, 9.17) is 5.73 Å². The summed E-state index contributed by atoms with van der Waals surface area (Å²) in [6.45, 7) is 2.08. The largest absolute Gasteiger partial charge is 0.361 e. The molecule has 0 radical (unpaired) electrons. The summed E-state index contributed by atoms with van der Waals surface area (Å²) in [5.41, 5.74) is 8.27. The van der Waals surface area contributed by atoms with E-state index in [2.05, 4.69) is 23.3 Å². The monoisotopic (exact) mass is 285 g/mol. The number of carbonyl (C=O) groups is 1. The van der Waals surface area contributed by atoms with E-state index in [0.717, 1.165) is 16.5 Å². The topological polar surface area (TPSA) is 70.9 Å². The fraction of sp³-hybridized carbons (Fsp3) is 0.471. The molecule has 4 N–H and O–H groups in total. The van der Waals surface area contributed by atoms with E-state index in [9.17, 15) is 4.79 Å². The number of hydrogen-bond donors (Lipinski definition) is 3. The zero-order valence-electron chi connectivity index (χ0n) is 12.4. The number of amides is 1. The van der Waals surface area contributed by atoms with Gasteiger partial charge in [-0.05, 0) is 43.7 Å². The van der Waals surface area contributed by atoms with Gasteiger partial charge in [0, 0.05) is 23.1 Å². The van der Waals surface area contributed by atoms with E-state index in [0.29, 0.717) is 12.3 Å². The Kier molecular flexibility index (Phi) is 3.97. The molecular formula is C17H23N3O. The lowest BCUT2D eigenvalue weighted by Gasteiger charge is -2.32. The van der Waals surface area contributed by atoms with Crippen LogP contribution in [0.5, 0.6) is 0 Å². The van der Waals surface area contributed by atoms with Crippen LogP contribution in [0.1, 0.15) is 31.7 Å². The number of hydrogen-bond acceptors (Lipinski definition) is 2. The van der Waals surface area contributed by atoms with Crippen molar-refractivity contribution in [3.8, 4) is 0 Å². The van der Waals surface area contributed by atoms with E-state index in [1.54, 1.807) is 0 Å². The number of nitrogens with one attached hydrogen (secondary N) is 2. The number of fused-ring (bicyclic) bond motifs is 1. The van der Waals surface area contributed by atoms with Gasteiger partial charge in [0.05, 0.1) is 6.04 Å². The van der Waals surface area contributed by atoms with Crippen LogP contribution in [0.4, 0.5) is 0 Å². The Bertz CT molecular complexity index is 630. The van der Waals surface area contributed by atoms with Crippen molar-refractivity contribution < 1.29 is 4.79 Å². The van der Waals surface area contributed by atoms with Gasteiger partial charge in [-0.15, -0.1) is 0 Å². The zero-order valence-corrected chi connectivity index (χ0v) is 12.4. The minimum Gasteiger partial charge on any atom is -0.361 e. The molecule has 1 saturated carbocycles. The first kappa shape index (κ1) is 14.1. The summed E-state index contributed by atoms with van der Waals surface area (Å²) in [6.07, 6.45) is 6.24. The molecule has 21 heavy (non-hydrogen) atoms. The number of rotatable bonds is 5. The van der Waals surface area contributed by atoms with Gasteiger partial charge >= 0.3 is 0 Å². The zero-order chi connectivity index (χ0) is 14.8. The molecule has 1 heterocycles. The maximum Gasteiger partial charge on any atom is 0.237 e. The molecule has 112 valence electrons. The Morgan fingerprint density at radius 1 is 1.43 bits per heavy atom. The van der Waals surface area contributed by atoms with Crippen LogP contribution in [0.3, 0.4) is 0 Å². The van der Waals surface area contributed by atoms with Gasteiger partial charge in [-0.25, -0.2) is 0 Å². The molecule has 2 aromatic rings. The molecule has 4 nitrogen and oxygen atoms in total. The van der Waals surface area contributed by atoms with Gasteiger partial charge in [0.2, 0.25) is 5.91 Å². The molecule has 1 fully saturated rings. The fourth-order valence-electron chi connectivity index (χ4n) is 3.02. The number of H-pyrrole nitrogens is 1. The van der Waals surface area contributed by atoms with E-state index < -0.39 is 6.04 Å². The molecule has 0 saturated heterocycles. The highest BCUT2D eigenvalue weighted by molar-refractivity contribution is 5.86. The van der Waals surface area contributed by atoms with Crippen molar-refractivity contribution in [3.63, 3.8) is 0 Å². The van der Waals surface area contributed by atoms with E-state index >= 15 is 0 Å². The van der Waals surface area contributed by atoms with Gasteiger partial charge < -0.3 is 16.0 Å². The van der Waals surface area contributed by atoms with Crippen LogP contribution in [0.2, 0.25) is 0 Å². The molecule has 1 aliphatic rings. The van der Waals surface area contributed by atoms with Gasteiger partial charge in [0.25, 0.3) is 0 Å². The predicted molar refractivity (Wildman–Crippen MR) is 84.9 cm³/mol. The smallest absolute Gasteiger partial charge is 0.237 e. The molecule has 1 amide bonds. The minimum atomic E-state index is -0.494. The third kappa shape index (κ3) is 2.95. The third-order valence-electron chi connectivity index (χ3n) is 4.68. The van der Waals surface area contributed by atoms with Crippen molar-refractivity contribution in [2.45, 2.75) is 44.7 Å². The fourth-order valence-corrected chi connectivity index (χ4v) is 3.02. The minimum absolute atomic E-state index is 0.0420. The summed E-state index contributed by atoms with van der Waals surface area (Å²) in [5.74, 6) is 0.592. The number of nitrogens with two attached hydrogens (primary N) is 1. The number of para-hydroxylation sites is 1. The first-order valence-electron chi connectivity index (χ1n) is 7.76. The Morgan fingerprint density at radius 3 is 2.90 bits per heavy atom. The van der Waals surface area contributed by atoms with Crippen LogP contribution in [-0.2, 0) is 11.2 Å². The van der Waals surface area contributed by atoms with Crippen LogP contribution in [0.25, 0.3) is 10.9 Å². The Hall–Kier alpha value is -1.81. The second kappa shape index (κ2) is 5.90. The van der Waals surface area contributed by atoms with Crippen molar-refractivity contribution in [3.05, 3.63) is 36.0 Å². The maximum absolute atomic E-state index is 12.2. The van der Waals surface area contributed by atoms with Crippen molar-refractivity contribution in [2.75, 3.05) is 0 Å². The van der Waals surface area contributed by atoms with Crippen molar-refractivity contribution in [1.29, 1.82) is 0 Å². The Labute approximate surface area is 125 Å². The summed E-state index contributed by atoms with van der Waals surface area (Å²) in [6, 6.07) is 7.83. The van der Waals surface area contributed by atoms with Gasteiger partial charge in [-0.1, -0.05) is 24.6 Å². The highest BCUT2D eigenvalue weighted by Gasteiger charge is 2.26. The lowest BCUT2D eigenvalue weighted by Crippen LogP contribution is -2.48. The van der Waals surface area contributed by atoms with Crippen LogP contribution in [0, 0.1) is 5.92 Å². The van der Waals surface area contributed by atoms with Crippen molar-refractivity contribution >= 4 is 16.8 Å². The predicted octanol–water partition coefficient (Wildman–Crippen LogP) is 2.34. The van der Waals surface area contributed by atoms with Crippen LogP contribution in [0.15, 0.2) is 30.5 Å². The maximum atomic E-state index is 12.2. The number of aromatic amines is 1. The molecule has 0 bridgehead atoms. The molecule has 1 aliphatic carbocycles. The average Bonchev–Trinajstić information content (AvgIpc) is 2.80. The summed E-state index contributed by atoms with van der Waals surface area (Å²) in [5, 5.41) is 4.21. The first-order valence-corrected chi connectivity index (χ1v) is 7.76. The van der Waals surface area contributed by atoms with Crippen molar-refractivity contribution in [1.82, 2.24) is 10.3 Å². The summed E-state index contributed by atoms with van der Waals surface area (Å²) in [4.78, 5) is 15.4. The van der Waals surface area contributed by atoms with Crippen LogP contribution >= 0.6 is 0 Å². The summed E-state index contributed by atoms with van der Waals surface area (Å²) < 4.78 is 0. The van der Waals surface area contributed by atoms with Gasteiger partial charge in [-0.2, -0.15) is 0 Å². The van der Waals surface area contributed by atoms with E-state index in [-0.39, 0.29) is 11.9 Å². The van der Waals surface area contributed by atoms with Crippen LogP contribution < -0.4 is 11.1 Å². The molecule has 1 aromatic carbocycles. The normalized spacial score (nSPS) is 18.2. The van der Waals surface area contributed by atoms with Crippen molar-refractivity contribution in [2.24, 2.45) is 11.7 Å². The molecule has 1 aromatic heterocycles. The second-order valence-corrected chi connectivity index (χ2v) is 6.16. The van der Waals surface area contributed by atoms with Gasteiger partial charge in [-0.3, -0.25) is 4.79 Å². The Morgan fingerprint density at radius 2 is 2.19 bits per heavy atom. The summed E-state index contributed by atoms with van der Waals surface area (Å²) in [7, 11) is 0. The SMILES string of the molecule is CC(NC(=O)[C@H](N)Cc1c[nH]c2ccccc12)C1CCC1. The molecule has 4 heteroatoms. The lowest BCUT2D eigenvalue weighted by molar-refractivity contribution is -0.123. The third-order valence-corrected chi connectivity index (χ3v) is 4.68. The average molecular weight is 285 g/mol. The highest BCUT2D eigenvalue weighted by atomic mass is 16.2. The van der Waals surface area contributed by atoms with Gasteiger partial charge in [0.1, 0.15) is 0 Å². The quantitative estimate of drug-likeness (QED) is 0.789. The van der Waals surface area contributed by atoms with Crippen LogP contribution in [-0.4, -0.2) is 23.0 Å². The van der Waals surface area contributed by atoms with E-state index in [1.807, 2.05) is 24.4 Å². The molecule has 3 rings (SSSR count). The molecule has 2 atom stereocenters. The standard InChI is InChI=1S/C17H23N3O/c1-11(12-5-4-6-12)20-17(21)15(18)9-13-10-19-16-8-3-2-7-14(13)16/h2-3,7-8,10-12,15,19H,4-6,9,18H2,1H3,(H,20,21)/t11?,15-/m1/s1. The number of aromatic nitrogens is 1. The molecule has 0 aliphatic heterocycles. The second-order valence-electron chi connectivity index (χ2n) is 6.16. The number of benzene rings is 1. The first-order chi connectivity index (χ1) is 10.1. The van der Waals surface area contributed by atoms with Gasteiger partial charge in [0.15, 0.2) is 0 Å².